The first kappa shape index (κ1) is 10.7. The van der Waals surface area contributed by atoms with Gasteiger partial charge in [-0.3, -0.25) is 0 Å². The first-order valence-electron chi connectivity index (χ1n) is 5.79. The van der Waals surface area contributed by atoms with Crippen LogP contribution < -0.4 is 0 Å². The minimum atomic E-state index is -0.217. The average Bonchev–Trinajstić information content (AvgIpc) is 2.71. The quantitative estimate of drug-likeness (QED) is 0.808. The highest BCUT2D eigenvalue weighted by Crippen LogP contribution is 2.10. The van der Waals surface area contributed by atoms with Crippen LogP contribution in [0.4, 0.5) is 0 Å². The Morgan fingerprint density at radius 3 is 2.47 bits per heavy atom. The van der Waals surface area contributed by atoms with E-state index >= 15 is 0 Å². The van der Waals surface area contributed by atoms with Crippen molar-refractivity contribution >= 4 is 0 Å². The normalized spacial score (nSPS) is 19.3. The van der Waals surface area contributed by atoms with Gasteiger partial charge in [0.2, 0.25) is 0 Å². The number of aliphatic hydroxyl groups is 1. The molecule has 0 spiro atoms. The Morgan fingerprint density at radius 2 is 1.80 bits per heavy atom. The van der Waals surface area contributed by atoms with Crippen molar-refractivity contribution in [3.05, 3.63) is 35.9 Å². The standard InChI is InChI=1S/C13H19NO/c15-13(11-14-8-4-5-9-14)10-12-6-2-1-3-7-12/h1-3,6-7,13,15H,4-5,8-11H2/t13-/m1/s1. The molecule has 1 atom stereocenters. The molecule has 1 fully saturated rings. The Balaban J connectivity index is 1.79. The molecule has 1 heterocycles. The predicted octanol–water partition coefficient (Wildman–Crippen LogP) is 1.69. The molecule has 0 unspecified atom stereocenters. The summed E-state index contributed by atoms with van der Waals surface area (Å²) >= 11 is 0. The molecule has 1 saturated heterocycles. The largest absolute Gasteiger partial charge is 0.391 e. The van der Waals surface area contributed by atoms with Crippen LogP contribution in [0.2, 0.25) is 0 Å². The Hall–Kier alpha value is -0.860. The maximum absolute atomic E-state index is 9.92. The van der Waals surface area contributed by atoms with Gasteiger partial charge < -0.3 is 10.0 Å². The third-order valence-corrected chi connectivity index (χ3v) is 2.98. The van der Waals surface area contributed by atoms with Crippen LogP contribution in [-0.4, -0.2) is 35.7 Å². The van der Waals surface area contributed by atoms with Crippen LogP contribution in [0.1, 0.15) is 18.4 Å². The lowest BCUT2D eigenvalue weighted by atomic mass is 10.1. The van der Waals surface area contributed by atoms with Gasteiger partial charge in [0.1, 0.15) is 0 Å². The van der Waals surface area contributed by atoms with E-state index in [0.717, 1.165) is 26.1 Å². The fraction of sp³-hybridized carbons (Fsp3) is 0.538. The van der Waals surface area contributed by atoms with Gasteiger partial charge in [0.15, 0.2) is 0 Å². The smallest absolute Gasteiger partial charge is 0.0707 e. The van der Waals surface area contributed by atoms with Crippen LogP contribution >= 0.6 is 0 Å². The van der Waals surface area contributed by atoms with Gasteiger partial charge in [-0.25, -0.2) is 0 Å². The number of hydrogen-bond donors (Lipinski definition) is 1. The summed E-state index contributed by atoms with van der Waals surface area (Å²) < 4.78 is 0. The first-order valence-corrected chi connectivity index (χ1v) is 5.79. The van der Waals surface area contributed by atoms with E-state index < -0.39 is 0 Å². The van der Waals surface area contributed by atoms with Crippen molar-refractivity contribution in [3.63, 3.8) is 0 Å². The van der Waals surface area contributed by atoms with Crippen molar-refractivity contribution in [1.29, 1.82) is 0 Å². The zero-order chi connectivity index (χ0) is 10.5. The molecule has 0 amide bonds. The lowest BCUT2D eigenvalue weighted by molar-refractivity contribution is 0.125. The topological polar surface area (TPSA) is 23.5 Å². The minimum absolute atomic E-state index is 0.217. The van der Waals surface area contributed by atoms with Gasteiger partial charge in [0.25, 0.3) is 0 Å². The maximum atomic E-state index is 9.92. The number of benzene rings is 1. The summed E-state index contributed by atoms with van der Waals surface area (Å²) in [7, 11) is 0. The fourth-order valence-electron chi connectivity index (χ4n) is 2.21. The second kappa shape index (κ2) is 5.29. The molecule has 2 nitrogen and oxygen atoms in total. The van der Waals surface area contributed by atoms with Crippen molar-refractivity contribution in [3.8, 4) is 0 Å². The number of β-amino-alcohol motifs (C(OH)–C–C–N with tert-alkyl or cyclic N) is 1. The summed E-state index contributed by atoms with van der Waals surface area (Å²) in [5, 5.41) is 9.92. The highest BCUT2D eigenvalue weighted by atomic mass is 16.3. The highest BCUT2D eigenvalue weighted by molar-refractivity contribution is 5.15. The summed E-state index contributed by atoms with van der Waals surface area (Å²) in [4.78, 5) is 2.35. The van der Waals surface area contributed by atoms with E-state index in [-0.39, 0.29) is 6.10 Å². The van der Waals surface area contributed by atoms with Gasteiger partial charge in [-0.05, 0) is 37.9 Å². The number of nitrogens with zero attached hydrogens (tertiary/aromatic N) is 1. The van der Waals surface area contributed by atoms with Crippen molar-refractivity contribution in [2.24, 2.45) is 0 Å². The van der Waals surface area contributed by atoms with Crippen LogP contribution in [0.3, 0.4) is 0 Å². The SMILES string of the molecule is O[C@H](Cc1ccccc1)CN1CCCC1. The third-order valence-electron chi connectivity index (χ3n) is 2.98. The Bertz CT molecular complexity index is 280. The average molecular weight is 205 g/mol. The Labute approximate surface area is 91.5 Å². The van der Waals surface area contributed by atoms with Gasteiger partial charge in [-0.1, -0.05) is 30.3 Å². The molecule has 0 aliphatic carbocycles. The van der Waals surface area contributed by atoms with E-state index in [9.17, 15) is 5.11 Å². The van der Waals surface area contributed by atoms with E-state index in [1.807, 2.05) is 18.2 Å². The lowest BCUT2D eigenvalue weighted by Gasteiger charge is -2.19. The molecular formula is C13H19NO. The fourth-order valence-corrected chi connectivity index (χ4v) is 2.21. The van der Waals surface area contributed by atoms with Crippen molar-refractivity contribution in [1.82, 2.24) is 4.90 Å². The molecule has 2 rings (SSSR count). The Morgan fingerprint density at radius 1 is 1.13 bits per heavy atom. The summed E-state index contributed by atoms with van der Waals surface area (Å²) in [6, 6.07) is 10.2. The zero-order valence-corrected chi connectivity index (χ0v) is 9.10. The molecule has 2 heteroatoms. The predicted molar refractivity (Wildman–Crippen MR) is 61.8 cm³/mol. The van der Waals surface area contributed by atoms with Gasteiger partial charge >= 0.3 is 0 Å². The van der Waals surface area contributed by atoms with E-state index in [0.29, 0.717) is 0 Å². The van der Waals surface area contributed by atoms with Crippen LogP contribution in [0.15, 0.2) is 30.3 Å². The molecule has 1 aliphatic rings. The molecule has 82 valence electrons. The summed E-state index contributed by atoms with van der Waals surface area (Å²) in [5.74, 6) is 0. The maximum Gasteiger partial charge on any atom is 0.0707 e. The van der Waals surface area contributed by atoms with Gasteiger partial charge in [0, 0.05) is 6.54 Å². The summed E-state index contributed by atoms with van der Waals surface area (Å²) in [5.41, 5.74) is 1.23. The molecule has 0 bridgehead atoms. The zero-order valence-electron chi connectivity index (χ0n) is 9.10. The lowest BCUT2D eigenvalue weighted by Crippen LogP contribution is -2.31. The van der Waals surface area contributed by atoms with Gasteiger partial charge in [-0.15, -0.1) is 0 Å². The van der Waals surface area contributed by atoms with Crippen LogP contribution in [-0.2, 0) is 6.42 Å². The van der Waals surface area contributed by atoms with Gasteiger partial charge in [-0.2, -0.15) is 0 Å². The molecule has 0 saturated carbocycles. The van der Waals surface area contributed by atoms with E-state index in [4.69, 9.17) is 0 Å². The first-order chi connectivity index (χ1) is 7.34. The van der Waals surface area contributed by atoms with E-state index in [1.54, 1.807) is 0 Å². The molecular weight excluding hydrogens is 186 g/mol. The van der Waals surface area contributed by atoms with E-state index in [1.165, 1.54) is 18.4 Å². The minimum Gasteiger partial charge on any atom is -0.391 e. The van der Waals surface area contributed by atoms with E-state index in [2.05, 4.69) is 17.0 Å². The molecule has 1 aliphatic heterocycles. The second-order valence-corrected chi connectivity index (χ2v) is 4.35. The summed E-state index contributed by atoms with van der Waals surface area (Å²) in [6.07, 6.45) is 3.14. The number of likely N-dealkylation sites (tertiary alicyclic amines) is 1. The monoisotopic (exact) mass is 205 g/mol. The molecule has 0 aromatic heterocycles. The van der Waals surface area contributed by atoms with Crippen LogP contribution in [0.25, 0.3) is 0 Å². The summed E-state index contributed by atoms with van der Waals surface area (Å²) in [6.45, 7) is 3.15. The van der Waals surface area contributed by atoms with Gasteiger partial charge in [0.05, 0.1) is 6.10 Å². The molecule has 1 aromatic carbocycles. The van der Waals surface area contributed by atoms with Crippen molar-refractivity contribution in [2.45, 2.75) is 25.4 Å². The molecule has 1 N–H and O–H groups in total. The molecule has 1 aromatic rings. The number of rotatable bonds is 4. The number of aliphatic hydroxyl groups excluding tert-OH is 1. The van der Waals surface area contributed by atoms with Crippen molar-refractivity contribution < 1.29 is 5.11 Å². The highest BCUT2D eigenvalue weighted by Gasteiger charge is 2.15. The molecule has 0 radical (unpaired) electrons. The molecule has 15 heavy (non-hydrogen) atoms. The van der Waals surface area contributed by atoms with Crippen LogP contribution in [0, 0.1) is 0 Å². The van der Waals surface area contributed by atoms with Crippen LogP contribution in [0.5, 0.6) is 0 Å². The Kier molecular flexibility index (Phi) is 3.75. The van der Waals surface area contributed by atoms with Crippen molar-refractivity contribution in [2.75, 3.05) is 19.6 Å². The second-order valence-electron chi connectivity index (χ2n) is 4.35. The third kappa shape index (κ3) is 3.33. The number of hydrogen-bond acceptors (Lipinski definition) is 2.